The van der Waals surface area contributed by atoms with Gasteiger partial charge in [-0.1, -0.05) is 43.2 Å². The molecule has 1 unspecified atom stereocenters. The fraction of sp³-hybridized carbons (Fsp3) is 0.650. The minimum absolute atomic E-state index is 0.0173. The van der Waals surface area contributed by atoms with Gasteiger partial charge in [-0.25, -0.2) is 0 Å². The molecule has 1 atom stereocenters. The Kier molecular flexibility index (Phi) is 6.09. The number of esters is 1. The molecule has 2 aliphatic rings. The Hall–Kier alpha value is -1.35. The molecule has 1 aromatic rings. The first-order valence-electron chi connectivity index (χ1n) is 9.31. The summed E-state index contributed by atoms with van der Waals surface area (Å²) in [7, 11) is 0. The van der Waals surface area contributed by atoms with Crippen LogP contribution in [0.25, 0.3) is 0 Å². The molecule has 3 rings (SSSR count). The number of nitrogens with zero attached hydrogens (tertiary/aromatic N) is 1. The Morgan fingerprint density at radius 1 is 1.00 bits per heavy atom. The zero-order chi connectivity index (χ0) is 15.9. The van der Waals surface area contributed by atoms with Crippen molar-refractivity contribution < 1.29 is 9.53 Å². The van der Waals surface area contributed by atoms with Crippen LogP contribution in [-0.2, 0) is 9.53 Å². The van der Waals surface area contributed by atoms with Gasteiger partial charge in [0.05, 0.1) is 6.42 Å². The number of benzene rings is 1. The van der Waals surface area contributed by atoms with Gasteiger partial charge in [0.2, 0.25) is 0 Å². The second-order valence-corrected chi connectivity index (χ2v) is 6.98. The second-order valence-electron chi connectivity index (χ2n) is 6.98. The highest BCUT2D eigenvalue weighted by atomic mass is 16.5. The van der Waals surface area contributed by atoms with Gasteiger partial charge in [0.1, 0.15) is 6.10 Å². The number of likely N-dealkylation sites (tertiary alicyclic amines) is 1. The lowest BCUT2D eigenvalue weighted by molar-refractivity contribution is -0.152. The number of piperidine rings is 1. The van der Waals surface area contributed by atoms with Crippen molar-refractivity contribution >= 4 is 5.97 Å². The SMILES string of the molecule is O=C(CC(c1ccccc1)N1CCCCC1)OC1CCCCC1. The topological polar surface area (TPSA) is 29.5 Å². The highest BCUT2D eigenvalue weighted by molar-refractivity contribution is 5.70. The predicted octanol–water partition coefficient (Wildman–Crippen LogP) is 4.48. The molecule has 0 radical (unpaired) electrons. The summed E-state index contributed by atoms with van der Waals surface area (Å²) in [6.07, 6.45) is 10.2. The summed E-state index contributed by atoms with van der Waals surface area (Å²) in [5, 5.41) is 0. The van der Waals surface area contributed by atoms with Crippen molar-refractivity contribution in [2.24, 2.45) is 0 Å². The molecule has 23 heavy (non-hydrogen) atoms. The maximum Gasteiger partial charge on any atom is 0.308 e. The summed E-state index contributed by atoms with van der Waals surface area (Å²) in [6, 6.07) is 10.6. The number of hydrogen-bond donors (Lipinski definition) is 0. The fourth-order valence-electron chi connectivity index (χ4n) is 3.94. The minimum Gasteiger partial charge on any atom is -0.462 e. The zero-order valence-corrected chi connectivity index (χ0v) is 14.1. The average Bonchev–Trinajstić information content (AvgIpc) is 2.62. The van der Waals surface area contributed by atoms with E-state index in [0.29, 0.717) is 6.42 Å². The van der Waals surface area contributed by atoms with Gasteiger partial charge in [-0.2, -0.15) is 0 Å². The summed E-state index contributed by atoms with van der Waals surface area (Å²) in [5.41, 5.74) is 1.25. The van der Waals surface area contributed by atoms with E-state index in [0.717, 1.165) is 25.9 Å². The van der Waals surface area contributed by atoms with Crippen molar-refractivity contribution in [1.82, 2.24) is 4.90 Å². The molecule has 2 fully saturated rings. The van der Waals surface area contributed by atoms with E-state index in [1.54, 1.807) is 0 Å². The molecule has 1 aliphatic carbocycles. The van der Waals surface area contributed by atoms with Gasteiger partial charge >= 0.3 is 5.97 Å². The van der Waals surface area contributed by atoms with E-state index < -0.39 is 0 Å². The first-order valence-corrected chi connectivity index (χ1v) is 9.31. The molecule has 1 saturated heterocycles. The van der Waals surface area contributed by atoms with Gasteiger partial charge in [-0.15, -0.1) is 0 Å². The Balaban J connectivity index is 1.64. The maximum atomic E-state index is 12.5. The number of carbonyl (C=O) groups is 1. The van der Waals surface area contributed by atoms with E-state index in [2.05, 4.69) is 29.2 Å². The largest absolute Gasteiger partial charge is 0.462 e. The molecule has 0 spiro atoms. The summed E-state index contributed by atoms with van der Waals surface area (Å²) in [4.78, 5) is 15.0. The van der Waals surface area contributed by atoms with Crippen molar-refractivity contribution in [3.05, 3.63) is 35.9 Å². The van der Waals surface area contributed by atoms with Crippen LogP contribution >= 0.6 is 0 Å². The lowest BCUT2D eigenvalue weighted by atomic mass is 9.97. The Labute approximate surface area is 140 Å². The third-order valence-corrected chi connectivity index (χ3v) is 5.23. The first kappa shape index (κ1) is 16.5. The molecular weight excluding hydrogens is 286 g/mol. The van der Waals surface area contributed by atoms with Gasteiger partial charge in [0, 0.05) is 6.04 Å². The standard InChI is InChI=1S/C20H29NO2/c22-20(23-18-12-6-2-7-13-18)16-19(17-10-4-1-5-11-17)21-14-8-3-9-15-21/h1,4-5,10-11,18-19H,2-3,6-9,12-16H2. The van der Waals surface area contributed by atoms with Crippen LogP contribution in [-0.4, -0.2) is 30.1 Å². The molecule has 1 heterocycles. The third kappa shape index (κ3) is 4.81. The van der Waals surface area contributed by atoms with Gasteiger partial charge in [0.15, 0.2) is 0 Å². The molecule has 3 nitrogen and oxygen atoms in total. The highest BCUT2D eigenvalue weighted by Gasteiger charge is 2.27. The lowest BCUT2D eigenvalue weighted by Gasteiger charge is -2.34. The van der Waals surface area contributed by atoms with Crippen LogP contribution in [0.4, 0.5) is 0 Å². The van der Waals surface area contributed by atoms with Crippen molar-refractivity contribution in [3.8, 4) is 0 Å². The van der Waals surface area contributed by atoms with E-state index in [4.69, 9.17) is 4.74 Å². The number of rotatable bonds is 5. The van der Waals surface area contributed by atoms with E-state index in [9.17, 15) is 4.79 Å². The fourth-order valence-corrected chi connectivity index (χ4v) is 3.94. The van der Waals surface area contributed by atoms with Crippen molar-refractivity contribution in [3.63, 3.8) is 0 Å². The highest BCUT2D eigenvalue weighted by Crippen LogP contribution is 2.29. The molecule has 1 saturated carbocycles. The summed E-state index contributed by atoms with van der Waals surface area (Å²) < 4.78 is 5.77. The quantitative estimate of drug-likeness (QED) is 0.750. The molecule has 0 N–H and O–H groups in total. The number of hydrogen-bond acceptors (Lipinski definition) is 3. The van der Waals surface area contributed by atoms with Crippen LogP contribution in [0.5, 0.6) is 0 Å². The summed E-state index contributed by atoms with van der Waals surface area (Å²) in [5.74, 6) is -0.0173. The van der Waals surface area contributed by atoms with E-state index in [1.807, 2.05) is 6.07 Å². The Morgan fingerprint density at radius 2 is 1.65 bits per heavy atom. The van der Waals surface area contributed by atoms with Crippen LogP contribution in [0.2, 0.25) is 0 Å². The van der Waals surface area contributed by atoms with Crippen LogP contribution in [0.1, 0.15) is 69.4 Å². The van der Waals surface area contributed by atoms with Gasteiger partial charge in [0.25, 0.3) is 0 Å². The average molecular weight is 315 g/mol. The van der Waals surface area contributed by atoms with Crippen LogP contribution < -0.4 is 0 Å². The van der Waals surface area contributed by atoms with E-state index in [-0.39, 0.29) is 18.1 Å². The zero-order valence-electron chi connectivity index (χ0n) is 14.1. The van der Waals surface area contributed by atoms with Gasteiger partial charge in [-0.05, 0) is 57.2 Å². The normalized spacial score (nSPS) is 21.7. The Bertz CT molecular complexity index is 476. The van der Waals surface area contributed by atoms with Crippen LogP contribution in [0, 0.1) is 0 Å². The van der Waals surface area contributed by atoms with E-state index >= 15 is 0 Å². The summed E-state index contributed by atoms with van der Waals surface area (Å²) >= 11 is 0. The molecular formula is C20H29NO2. The first-order chi connectivity index (χ1) is 11.3. The van der Waals surface area contributed by atoms with Crippen molar-refractivity contribution in [2.45, 2.75) is 69.9 Å². The van der Waals surface area contributed by atoms with Crippen LogP contribution in [0.3, 0.4) is 0 Å². The maximum absolute atomic E-state index is 12.5. The van der Waals surface area contributed by atoms with Gasteiger partial charge < -0.3 is 4.74 Å². The Morgan fingerprint density at radius 3 is 2.35 bits per heavy atom. The molecule has 3 heteroatoms. The second kappa shape index (κ2) is 8.49. The number of carbonyl (C=O) groups excluding carboxylic acids is 1. The molecule has 0 aromatic heterocycles. The predicted molar refractivity (Wildman–Crippen MR) is 92.2 cm³/mol. The van der Waals surface area contributed by atoms with E-state index in [1.165, 1.54) is 44.1 Å². The number of ether oxygens (including phenoxy) is 1. The van der Waals surface area contributed by atoms with Gasteiger partial charge in [-0.3, -0.25) is 9.69 Å². The molecule has 126 valence electrons. The monoisotopic (exact) mass is 315 g/mol. The van der Waals surface area contributed by atoms with Crippen LogP contribution in [0.15, 0.2) is 30.3 Å². The molecule has 1 aliphatic heterocycles. The molecule has 1 aromatic carbocycles. The lowest BCUT2D eigenvalue weighted by Crippen LogP contribution is -2.35. The summed E-state index contributed by atoms with van der Waals surface area (Å²) in [6.45, 7) is 2.19. The van der Waals surface area contributed by atoms with Crippen molar-refractivity contribution in [2.75, 3.05) is 13.1 Å². The third-order valence-electron chi connectivity index (χ3n) is 5.23. The van der Waals surface area contributed by atoms with Crippen molar-refractivity contribution in [1.29, 1.82) is 0 Å². The minimum atomic E-state index is -0.0173. The molecule has 0 bridgehead atoms. The molecule has 0 amide bonds. The smallest absolute Gasteiger partial charge is 0.308 e.